The molecule has 1 aromatic carbocycles. The van der Waals surface area contributed by atoms with Gasteiger partial charge in [-0.1, -0.05) is 18.6 Å². The van der Waals surface area contributed by atoms with Crippen molar-refractivity contribution in [2.24, 2.45) is 0 Å². The number of hydrogen-bond acceptors (Lipinski definition) is 3. The summed E-state index contributed by atoms with van der Waals surface area (Å²) in [6.45, 7) is 3.72. The van der Waals surface area contributed by atoms with E-state index in [1.807, 2.05) is 24.3 Å². The maximum Gasteiger partial charge on any atom is 0.195 e. The Labute approximate surface area is 108 Å². The third kappa shape index (κ3) is 2.72. The molecule has 0 radical (unpaired) electrons. The second kappa shape index (κ2) is 5.53. The van der Waals surface area contributed by atoms with Crippen LogP contribution in [0.5, 0.6) is 0 Å². The summed E-state index contributed by atoms with van der Waals surface area (Å²) in [6.07, 6.45) is 6.23. The lowest BCUT2D eigenvalue weighted by atomic mass is 10.1. The monoisotopic (exact) mass is 244 g/mol. The molecule has 3 nitrogen and oxygen atoms in total. The largest absolute Gasteiger partial charge is 0.441 e. The maximum atomic E-state index is 5.73. The van der Waals surface area contributed by atoms with Crippen LogP contribution in [-0.4, -0.2) is 29.5 Å². The number of aryl methyl sites for hydroxylation is 1. The molecule has 0 atom stereocenters. The van der Waals surface area contributed by atoms with Gasteiger partial charge in [0.1, 0.15) is 5.52 Å². The van der Waals surface area contributed by atoms with Crippen LogP contribution in [0.1, 0.15) is 31.6 Å². The topological polar surface area (TPSA) is 29.3 Å². The van der Waals surface area contributed by atoms with Crippen LogP contribution in [0.25, 0.3) is 11.1 Å². The first-order valence-electron chi connectivity index (χ1n) is 6.99. The van der Waals surface area contributed by atoms with Crippen molar-refractivity contribution in [2.75, 3.05) is 19.6 Å². The van der Waals surface area contributed by atoms with Crippen molar-refractivity contribution in [1.29, 1.82) is 0 Å². The SMILES string of the molecule is c1ccc2oc(CCCN3CCCCC3)nc2c1. The molecule has 3 rings (SSSR count). The minimum atomic E-state index is 0.883. The van der Waals surface area contributed by atoms with Gasteiger partial charge in [0.15, 0.2) is 11.5 Å². The average molecular weight is 244 g/mol. The van der Waals surface area contributed by atoms with Gasteiger partial charge in [-0.15, -0.1) is 0 Å². The van der Waals surface area contributed by atoms with Crippen molar-refractivity contribution in [1.82, 2.24) is 9.88 Å². The molecule has 0 aliphatic carbocycles. The normalized spacial score (nSPS) is 17.3. The van der Waals surface area contributed by atoms with E-state index in [1.54, 1.807) is 0 Å². The Bertz CT molecular complexity index is 467. The van der Waals surface area contributed by atoms with Gasteiger partial charge in [0.05, 0.1) is 0 Å². The number of rotatable bonds is 4. The maximum absolute atomic E-state index is 5.73. The van der Waals surface area contributed by atoms with Crippen molar-refractivity contribution in [3.8, 4) is 0 Å². The van der Waals surface area contributed by atoms with Crippen LogP contribution in [0.15, 0.2) is 28.7 Å². The van der Waals surface area contributed by atoms with Gasteiger partial charge < -0.3 is 9.32 Å². The highest BCUT2D eigenvalue weighted by molar-refractivity contribution is 5.72. The van der Waals surface area contributed by atoms with E-state index in [9.17, 15) is 0 Å². The molecule has 1 aromatic heterocycles. The Morgan fingerprint density at radius 3 is 2.78 bits per heavy atom. The number of hydrogen-bond donors (Lipinski definition) is 0. The van der Waals surface area contributed by atoms with Gasteiger partial charge in [0.25, 0.3) is 0 Å². The lowest BCUT2D eigenvalue weighted by Crippen LogP contribution is -2.30. The molecule has 2 heterocycles. The van der Waals surface area contributed by atoms with Crippen molar-refractivity contribution in [3.63, 3.8) is 0 Å². The third-order valence-corrected chi connectivity index (χ3v) is 3.65. The van der Waals surface area contributed by atoms with Crippen molar-refractivity contribution >= 4 is 11.1 Å². The van der Waals surface area contributed by atoms with Crippen LogP contribution in [0.3, 0.4) is 0 Å². The predicted octanol–water partition coefficient (Wildman–Crippen LogP) is 3.25. The summed E-state index contributed by atoms with van der Waals surface area (Å²) in [4.78, 5) is 7.07. The molecular weight excluding hydrogens is 224 g/mol. The number of benzene rings is 1. The average Bonchev–Trinajstić information content (AvgIpc) is 2.82. The lowest BCUT2D eigenvalue weighted by molar-refractivity contribution is 0.225. The number of para-hydroxylation sites is 2. The number of oxazole rings is 1. The molecule has 0 N–H and O–H groups in total. The fourth-order valence-electron chi connectivity index (χ4n) is 2.66. The summed E-state index contributed by atoms with van der Waals surface area (Å²) in [5.74, 6) is 0.883. The van der Waals surface area contributed by atoms with Crippen LogP contribution in [-0.2, 0) is 6.42 Å². The second-order valence-electron chi connectivity index (χ2n) is 5.08. The van der Waals surface area contributed by atoms with Crippen LogP contribution in [0, 0.1) is 0 Å². The fourth-order valence-corrected chi connectivity index (χ4v) is 2.66. The highest BCUT2D eigenvalue weighted by Crippen LogP contribution is 2.16. The van der Waals surface area contributed by atoms with Crippen LogP contribution >= 0.6 is 0 Å². The minimum absolute atomic E-state index is 0.883. The Morgan fingerprint density at radius 1 is 1.11 bits per heavy atom. The number of likely N-dealkylation sites (tertiary alicyclic amines) is 1. The molecule has 3 heteroatoms. The van der Waals surface area contributed by atoms with Crippen LogP contribution in [0.4, 0.5) is 0 Å². The number of fused-ring (bicyclic) bond motifs is 1. The summed E-state index contributed by atoms with van der Waals surface area (Å²) >= 11 is 0. The Kier molecular flexibility index (Phi) is 3.60. The molecule has 1 saturated heterocycles. The van der Waals surface area contributed by atoms with Crippen LogP contribution < -0.4 is 0 Å². The Morgan fingerprint density at radius 2 is 1.94 bits per heavy atom. The lowest BCUT2D eigenvalue weighted by Gasteiger charge is -2.25. The number of nitrogens with zero attached hydrogens (tertiary/aromatic N) is 2. The highest BCUT2D eigenvalue weighted by Gasteiger charge is 2.10. The van der Waals surface area contributed by atoms with E-state index in [0.717, 1.165) is 29.8 Å². The molecule has 96 valence electrons. The van der Waals surface area contributed by atoms with Gasteiger partial charge in [-0.05, 0) is 51.0 Å². The zero-order valence-corrected chi connectivity index (χ0v) is 10.8. The molecule has 0 unspecified atom stereocenters. The highest BCUT2D eigenvalue weighted by atomic mass is 16.3. The van der Waals surface area contributed by atoms with E-state index in [-0.39, 0.29) is 0 Å². The van der Waals surface area contributed by atoms with Crippen molar-refractivity contribution < 1.29 is 4.42 Å². The number of piperidine rings is 1. The van der Waals surface area contributed by atoms with Crippen LogP contribution in [0.2, 0.25) is 0 Å². The first kappa shape index (κ1) is 11.7. The third-order valence-electron chi connectivity index (χ3n) is 3.65. The first-order valence-corrected chi connectivity index (χ1v) is 6.99. The van der Waals surface area contributed by atoms with E-state index in [4.69, 9.17) is 4.42 Å². The molecule has 0 amide bonds. The van der Waals surface area contributed by atoms with E-state index in [2.05, 4.69) is 9.88 Å². The molecule has 1 aliphatic heterocycles. The molecular formula is C15H20N2O. The van der Waals surface area contributed by atoms with E-state index < -0.39 is 0 Å². The smallest absolute Gasteiger partial charge is 0.195 e. The molecule has 0 bridgehead atoms. The van der Waals surface area contributed by atoms with Crippen molar-refractivity contribution in [2.45, 2.75) is 32.1 Å². The van der Waals surface area contributed by atoms with Gasteiger partial charge in [0, 0.05) is 6.42 Å². The zero-order valence-electron chi connectivity index (χ0n) is 10.8. The van der Waals surface area contributed by atoms with E-state index in [1.165, 1.54) is 38.9 Å². The van der Waals surface area contributed by atoms with E-state index >= 15 is 0 Å². The molecule has 1 aliphatic rings. The second-order valence-corrected chi connectivity index (χ2v) is 5.08. The summed E-state index contributed by atoms with van der Waals surface area (Å²) in [6, 6.07) is 7.98. The molecule has 1 fully saturated rings. The molecule has 18 heavy (non-hydrogen) atoms. The number of aromatic nitrogens is 1. The Balaban J connectivity index is 1.53. The van der Waals surface area contributed by atoms with Gasteiger partial charge in [-0.2, -0.15) is 0 Å². The summed E-state index contributed by atoms with van der Waals surface area (Å²) < 4.78 is 5.73. The standard InChI is InChI=1S/C15H20N2O/c1-4-10-17(11-5-1)12-6-9-15-16-13-7-2-3-8-14(13)18-15/h2-3,7-8H,1,4-6,9-12H2. The van der Waals surface area contributed by atoms with Gasteiger partial charge in [-0.3, -0.25) is 0 Å². The minimum Gasteiger partial charge on any atom is -0.441 e. The van der Waals surface area contributed by atoms with Gasteiger partial charge >= 0.3 is 0 Å². The van der Waals surface area contributed by atoms with Crippen molar-refractivity contribution in [3.05, 3.63) is 30.2 Å². The Hall–Kier alpha value is -1.35. The summed E-state index contributed by atoms with van der Waals surface area (Å²) in [5, 5.41) is 0. The van der Waals surface area contributed by atoms with E-state index in [0.29, 0.717) is 0 Å². The summed E-state index contributed by atoms with van der Waals surface area (Å²) in [7, 11) is 0. The molecule has 0 saturated carbocycles. The quantitative estimate of drug-likeness (QED) is 0.826. The molecule has 0 spiro atoms. The first-order chi connectivity index (χ1) is 8.92. The summed E-state index contributed by atoms with van der Waals surface area (Å²) in [5.41, 5.74) is 1.89. The molecule has 2 aromatic rings. The predicted molar refractivity (Wildman–Crippen MR) is 72.6 cm³/mol. The van der Waals surface area contributed by atoms with Gasteiger partial charge in [-0.25, -0.2) is 4.98 Å². The van der Waals surface area contributed by atoms with Gasteiger partial charge in [0.2, 0.25) is 0 Å². The fraction of sp³-hybridized carbons (Fsp3) is 0.533. The zero-order chi connectivity index (χ0) is 12.2.